The summed E-state index contributed by atoms with van der Waals surface area (Å²) in [4.78, 5) is 13.3. The average Bonchev–Trinajstić information content (AvgIpc) is 3.52. The highest BCUT2D eigenvalue weighted by atomic mass is 32.1. The predicted molar refractivity (Wildman–Crippen MR) is 105 cm³/mol. The molecule has 0 aliphatic carbocycles. The Balaban J connectivity index is 1.34. The summed E-state index contributed by atoms with van der Waals surface area (Å²) in [5, 5.41) is 25.4. The minimum absolute atomic E-state index is 0.168. The van der Waals surface area contributed by atoms with E-state index in [1.807, 2.05) is 46.5 Å². The summed E-state index contributed by atoms with van der Waals surface area (Å²) in [5.41, 5.74) is 2.67. The molecule has 5 aromatic heterocycles. The zero-order chi connectivity index (χ0) is 18.9. The largest absolute Gasteiger partial charge is 0.355 e. The standard InChI is InChI=1S/C18H12N6O2S2/c25-18(13-8-14(26-23-13)15-2-1-6-28-15)19-9-17-21-20-16-4-3-12(22-24(16)17)11-5-7-27-10-11/h1-8,10H,9H2,(H,19,25). The summed E-state index contributed by atoms with van der Waals surface area (Å²) in [6.07, 6.45) is 0. The van der Waals surface area contributed by atoms with Crippen molar-refractivity contribution in [3.8, 4) is 21.9 Å². The maximum absolute atomic E-state index is 12.4. The van der Waals surface area contributed by atoms with Crippen LogP contribution in [0.2, 0.25) is 0 Å². The number of hydrogen-bond acceptors (Lipinski definition) is 8. The van der Waals surface area contributed by atoms with Crippen molar-refractivity contribution in [1.29, 1.82) is 0 Å². The fourth-order valence-electron chi connectivity index (χ4n) is 2.67. The Kier molecular flexibility index (Phi) is 4.18. The first-order valence-electron chi connectivity index (χ1n) is 8.30. The van der Waals surface area contributed by atoms with Crippen molar-refractivity contribution in [3.63, 3.8) is 0 Å². The number of rotatable bonds is 5. The van der Waals surface area contributed by atoms with Crippen LogP contribution in [-0.2, 0) is 6.54 Å². The van der Waals surface area contributed by atoms with E-state index in [0.717, 1.165) is 16.1 Å². The van der Waals surface area contributed by atoms with Crippen LogP contribution in [0, 0.1) is 0 Å². The quantitative estimate of drug-likeness (QED) is 0.478. The van der Waals surface area contributed by atoms with Crippen LogP contribution in [0.4, 0.5) is 0 Å². The molecule has 0 radical (unpaired) electrons. The van der Waals surface area contributed by atoms with Crippen molar-refractivity contribution < 1.29 is 9.32 Å². The van der Waals surface area contributed by atoms with Crippen molar-refractivity contribution >= 4 is 34.2 Å². The molecule has 8 nitrogen and oxygen atoms in total. The highest BCUT2D eigenvalue weighted by Crippen LogP contribution is 2.25. The molecule has 5 aromatic rings. The van der Waals surface area contributed by atoms with Crippen molar-refractivity contribution in [1.82, 2.24) is 30.3 Å². The molecular formula is C18H12N6O2S2. The molecule has 0 aliphatic heterocycles. The van der Waals surface area contributed by atoms with Crippen LogP contribution in [0.1, 0.15) is 16.3 Å². The van der Waals surface area contributed by atoms with Gasteiger partial charge in [0.1, 0.15) is 0 Å². The second-order valence-electron chi connectivity index (χ2n) is 5.85. The Bertz CT molecular complexity index is 1240. The molecule has 0 saturated heterocycles. The molecule has 1 N–H and O–H groups in total. The van der Waals surface area contributed by atoms with Crippen molar-refractivity contribution in [2.75, 3.05) is 0 Å². The first-order chi connectivity index (χ1) is 13.8. The molecule has 5 heterocycles. The van der Waals surface area contributed by atoms with Gasteiger partial charge in [0, 0.05) is 17.0 Å². The van der Waals surface area contributed by atoms with Gasteiger partial charge in [-0.05, 0) is 35.0 Å². The maximum Gasteiger partial charge on any atom is 0.273 e. The van der Waals surface area contributed by atoms with E-state index in [9.17, 15) is 4.79 Å². The number of hydrogen-bond donors (Lipinski definition) is 1. The lowest BCUT2D eigenvalue weighted by molar-refractivity contribution is 0.0940. The Labute approximate surface area is 166 Å². The Hall–Kier alpha value is -3.37. The van der Waals surface area contributed by atoms with Crippen LogP contribution in [0.3, 0.4) is 0 Å². The minimum atomic E-state index is -0.350. The highest BCUT2D eigenvalue weighted by Gasteiger charge is 2.16. The zero-order valence-electron chi connectivity index (χ0n) is 14.3. The maximum atomic E-state index is 12.4. The highest BCUT2D eigenvalue weighted by molar-refractivity contribution is 7.13. The van der Waals surface area contributed by atoms with E-state index in [1.165, 1.54) is 11.3 Å². The fourth-order valence-corrected chi connectivity index (χ4v) is 4.00. The lowest BCUT2D eigenvalue weighted by Gasteiger charge is -2.03. The predicted octanol–water partition coefficient (Wildman–Crippen LogP) is 3.50. The Morgan fingerprint density at radius 1 is 1.18 bits per heavy atom. The molecule has 0 fully saturated rings. The van der Waals surface area contributed by atoms with Gasteiger partial charge in [-0.25, -0.2) is 0 Å². The summed E-state index contributed by atoms with van der Waals surface area (Å²) in [5.74, 6) is 0.745. The minimum Gasteiger partial charge on any atom is -0.355 e. The normalized spacial score (nSPS) is 11.1. The molecule has 0 atom stereocenters. The number of nitrogens with zero attached hydrogens (tertiary/aromatic N) is 5. The Morgan fingerprint density at radius 2 is 2.14 bits per heavy atom. The number of fused-ring (bicyclic) bond motifs is 1. The van der Waals surface area contributed by atoms with Gasteiger partial charge < -0.3 is 9.84 Å². The average molecular weight is 408 g/mol. The summed E-state index contributed by atoms with van der Waals surface area (Å²) < 4.78 is 6.88. The fraction of sp³-hybridized carbons (Fsp3) is 0.0556. The van der Waals surface area contributed by atoms with Crippen LogP contribution in [-0.4, -0.2) is 30.9 Å². The molecule has 0 aromatic carbocycles. The van der Waals surface area contributed by atoms with E-state index in [4.69, 9.17) is 4.52 Å². The molecule has 28 heavy (non-hydrogen) atoms. The van der Waals surface area contributed by atoms with Gasteiger partial charge in [0.15, 0.2) is 22.9 Å². The third-order valence-electron chi connectivity index (χ3n) is 4.06. The van der Waals surface area contributed by atoms with Gasteiger partial charge in [-0.3, -0.25) is 4.79 Å². The monoisotopic (exact) mass is 408 g/mol. The van der Waals surface area contributed by atoms with E-state index in [1.54, 1.807) is 21.9 Å². The number of aromatic nitrogens is 5. The van der Waals surface area contributed by atoms with E-state index in [-0.39, 0.29) is 18.1 Å². The number of nitrogens with one attached hydrogen (secondary N) is 1. The van der Waals surface area contributed by atoms with Gasteiger partial charge in [0.05, 0.1) is 17.1 Å². The summed E-state index contributed by atoms with van der Waals surface area (Å²) in [7, 11) is 0. The number of carbonyl (C=O) groups is 1. The van der Waals surface area contributed by atoms with Crippen molar-refractivity contribution in [2.45, 2.75) is 6.54 Å². The molecule has 0 spiro atoms. The first-order valence-corrected chi connectivity index (χ1v) is 10.1. The van der Waals surface area contributed by atoms with Gasteiger partial charge in [-0.15, -0.1) is 21.5 Å². The smallest absolute Gasteiger partial charge is 0.273 e. The molecular weight excluding hydrogens is 396 g/mol. The van der Waals surface area contributed by atoms with Crippen LogP contribution in [0.5, 0.6) is 0 Å². The number of carbonyl (C=O) groups excluding carboxylic acids is 1. The van der Waals surface area contributed by atoms with Gasteiger partial charge in [0.2, 0.25) is 0 Å². The lowest BCUT2D eigenvalue weighted by atomic mass is 10.2. The Morgan fingerprint density at radius 3 is 2.96 bits per heavy atom. The van der Waals surface area contributed by atoms with Gasteiger partial charge in [-0.2, -0.15) is 21.0 Å². The zero-order valence-corrected chi connectivity index (χ0v) is 15.9. The second kappa shape index (κ2) is 6.98. The van der Waals surface area contributed by atoms with E-state index < -0.39 is 0 Å². The topological polar surface area (TPSA) is 98.2 Å². The molecule has 0 saturated carbocycles. The second-order valence-corrected chi connectivity index (χ2v) is 7.58. The SMILES string of the molecule is O=C(NCc1nnc2ccc(-c3ccsc3)nn12)c1cc(-c2cccs2)on1. The molecule has 0 aliphatic rings. The molecule has 1 amide bonds. The van der Waals surface area contributed by atoms with Crippen LogP contribution < -0.4 is 5.32 Å². The van der Waals surface area contributed by atoms with E-state index in [0.29, 0.717) is 17.2 Å². The third kappa shape index (κ3) is 3.08. The van der Waals surface area contributed by atoms with Crippen molar-refractivity contribution in [2.24, 2.45) is 0 Å². The molecule has 10 heteroatoms. The molecule has 0 bridgehead atoms. The van der Waals surface area contributed by atoms with Gasteiger partial charge in [-0.1, -0.05) is 11.2 Å². The summed E-state index contributed by atoms with van der Waals surface area (Å²) in [6, 6.07) is 11.2. The third-order valence-corrected chi connectivity index (χ3v) is 5.63. The van der Waals surface area contributed by atoms with Gasteiger partial charge in [0.25, 0.3) is 5.91 Å². The summed E-state index contributed by atoms with van der Waals surface area (Å²) in [6.45, 7) is 0.168. The van der Waals surface area contributed by atoms with E-state index >= 15 is 0 Å². The van der Waals surface area contributed by atoms with Crippen LogP contribution >= 0.6 is 22.7 Å². The first kappa shape index (κ1) is 16.8. The number of amides is 1. The summed E-state index contributed by atoms with van der Waals surface area (Å²) >= 11 is 3.13. The van der Waals surface area contributed by atoms with E-state index in [2.05, 4.69) is 25.8 Å². The number of thiophene rings is 2. The molecule has 5 rings (SSSR count). The van der Waals surface area contributed by atoms with Crippen LogP contribution in [0.25, 0.3) is 27.5 Å². The molecule has 0 unspecified atom stereocenters. The van der Waals surface area contributed by atoms with Crippen molar-refractivity contribution in [3.05, 3.63) is 64.1 Å². The lowest BCUT2D eigenvalue weighted by Crippen LogP contribution is -2.24. The molecule has 138 valence electrons. The van der Waals surface area contributed by atoms with Crippen LogP contribution in [0.15, 0.2) is 57.1 Å². The van der Waals surface area contributed by atoms with Gasteiger partial charge >= 0.3 is 0 Å².